The van der Waals surface area contributed by atoms with E-state index in [2.05, 4.69) is 45.3 Å². The molecule has 0 aliphatic heterocycles. The lowest BCUT2D eigenvalue weighted by atomic mass is 10.1. The highest BCUT2D eigenvalue weighted by Gasteiger charge is 2.03. The zero-order valence-corrected chi connectivity index (χ0v) is 10.4. The van der Waals surface area contributed by atoms with E-state index < -0.39 is 0 Å². The van der Waals surface area contributed by atoms with Crippen molar-refractivity contribution in [1.82, 2.24) is 4.98 Å². The summed E-state index contributed by atoms with van der Waals surface area (Å²) in [5.74, 6) is 0.975. The Morgan fingerprint density at radius 1 is 1.33 bits per heavy atom. The minimum atomic E-state index is 0.975. The fourth-order valence-corrected chi connectivity index (χ4v) is 2.02. The Balaban J connectivity index is 2.69. The molecule has 1 aromatic heterocycles. The Hall–Kier alpha value is -1.09. The number of fused-ring (bicyclic) bond motifs is 1. The summed E-state index contributed by atoms with van der Waals surface area (Å²) in [6.07, 6.45) is 0.995. The summed E-state index contributed by atoms with van der Waals surface area (Å²) in [6.45, 7) is 2.14. The summed E-state index contributed by atoms with van der Waals surface area (Å²) in [7, 11) is 1.91. The van der Waals surface area contributed by atoms with Crippen LogP contribution in [-0.4, -0.2) is 12.0 Å². The van der Waals surface area contributed by atoms with Gasteiger partial charge in [-0.15, -0.1) is 0 Å². The molecule has 1 aromatic carbocycles. The molecule has 0 amide bonds. The number of aryl methyl sites for hydroxylation is 1. The number of anilines is 1. The molecule has 78 valence electrons. The number of aromatic nitrogens is 1. The number of nitrogens with one attached hydrogen (secondary N) is 1. The van der Waals surface area contributed by atoms with Crippen LogP contribution in [-0.2, 0) is 6.42 Å². The fraction of sp³-hybridized carbons (Fsp3) is 0.250. The first-order chi connectivity index (χ1) is 7.24. The zero-order chi connectivity index (χ0) is 10.8. The van der Waals surface area contributed by atoms with Crippen LogP contribution in [0.2, 0.25) is 0 Å². The first-order valence-corrected chi connectivity index (χ1v) is 5.81. The number of hydrogen-bond donors (Lipinski definition) is 1. The van der Waals surface area contributed by atoms with Crippen molar-refractivity contribution in [1.29, 1.82) is 0 Å². The number of nitrogens with zero attached hydrogens (tertiary/aromatic N) is 1. The quantitative estimate of drug-likeness (QED) is 0.897. The average Bonchev–Trinajstić information content (AvgIpc) is 2.27. The maximum atomic E-state index is 4.58. The molecular weight excluding hydrogens is 252 g/mol. The first-order valence-electron chi connectivity index (χ1n) is 5.01. The number of pyridine rings is 1. The number of halogens is 1. The third kappa shape index (κ3) is 1.97. The molecule has 0 unspecified atom stereocenters. The second-order valence-corrected chi connectivity index (χ2v) is 4.35. The number of hydrogen-bond acceptors (Lipinski definition) is 2. The van der Waals surface area contributed by atoms with E-state index in [-0.39, 0.29) is 0 Å². The lowest BCUT2D eigenvalue weighted by Crippen LogP contribution is -1.98. The van der Waals surface area contributed by atoms with Crippen molar-refractivity contribution in [3.8, 4) is 0 Å². The van der Waals surface area contributed by atoms with Gasteiger partial charge in [0.2, 0.25) is 0 Å². The van der Waals surface area contributed by atoms with Crippen LogP contribution in [0.3, 0.4) is 0 Å². The minimum absolute atomic E-state index is 0.975. The Morgan fingerprint density at radius 3 is 2.80 bits per heavy atom. The van der Waals surface area contributed by atoms with Crippen LogP contribution < -0.4 is 5.32 Å². The monoisotopic (exact) mass is 264 g/mol. The van der Waals surface area contributed by atoms with Crippen molar-refractivity contribution in [2.75, 3.05) is 12.4 Å². The van der Waals surface area contributed by atoms with Crippen LogP contribution in [0.5, 0.6) is 0 Å². The van der Waals surface area contributed by atoms with Gasteiger partial charge >= 0.3 is 0 Å². The van der Waals surface area contributed by atoms with Gasteiger partial charge < -0.3 is 5.32 Å². The molecule has 0 fully saturated rings. The lowest BCUT2D eigenvalue weighted by molar-refractivity contribution is 1.12. The molecule has 2 aromatic rings. The van der Waals surface area contributed by atoms with E-state index >= 15 is 0 Å². The Kier molecular flexibility index (Phi) is 2.91. The van der Waals surface area contributed by atoms with Gasteiger partial charge in [0.15, 0.2) is 0 Å². The topological polar surface area (TPSA) is 24.9 Å². The molecule has 1 heterocycles. The molecule has 0 aliphatic rings. The molecule has 1 N–H and O–H groups in total. The summed E-state index contributed by atoms with van der Waals surface area (Å²) < 4.78 is 1.06. The second-order valence-electron chi connectivity index (χ2n) is 3.44. The maximum Gasteiger partial charge on any atom is 0.129 e. The van der Waals surface area contributed by atoms with Gasteiger partial charge in [0.1, 0.15) is 5.82 Å². The molecule has 0 saturated heterocycles. The first kappa shape index (κ1) is 10.4. The predicted octanol–water partition coefficient (Wildman–Crippen LogP) is 3.60. The Bertz CT molecular complexity index is 494. The lowest BCUT2D eigenvalue weighted by Gasteiger charge is -2.08. The molecule has 0 atom stereocenters. The van der Waals surface area contributed by atoms with Gasteiger partial charge in [-0.05, 0) is 30.2 Å². The zero-order valence-electron chi connectivity index (χ0n) is 8.84. The van der Waals surface area contributed by atoms with E-state index in [0.29, 0.717) is 0 Å². The smallest absolute Gasteiger partial charge is 0.129 e. The van der Waals surface area contributed by atoms with Gasteiger partial charge in [-0.3, -0.25) is 0 Å². The molecule has 0 spiro atoms. The third-order valence-electron chi connectivity index (χ3n) is 2.48. The Morgan fingerprint density at radius 2 is 2.13 bits per heavy atom. The molecule has 0 aliphatic carbocycles. The molecule has 0 saturated carbocycles. The second kappa shape index (κ2) is 4.19. The van der Waals surface area contributed by atoms with Crippen LogP contribution in [0.4, 0.5) is 5.82 Å². The van der Waals surface area contributed by atoms with Gasteiger partial charge in [0.25, 0.3) is 0 Å². The van der Waals surface area contributed by atoms with Crippen molar-refractivity contribution >= 4 is 32.7 Å². The minimum Gasteiger partial charge on any atom is -0.373 e. The average molecular weight is 265 g/mol. The van der Waals surface area contributed by atoms with E-state index in [1.54, 1.807) is 0 Å². The van der Waals surface area contributed by atoms with Crippen molar-refractivity contribution in [2.45, 2.75) is 13.3 Å². The molecule has 0 bridgehead atoms. The molecule has 2 nitrogen and oxygen atoms in total. The van der Waals surface area contributed by atoms with Crippen LogP contribution in [0, 0.1) is 0 Å². The molecule has 3 heteroatoms. The summed E-state index contributed by atoms with van der Waals surface area (Å²) in [4.78, 5) is 4.58. The van der Waals surface area contributed by atoms with Crippen LogP contribution in [0.1, 0.15) is 12.5 Å². The van der Waals surface area contributed by atoms with Gasteiger partial charge in [-0.1, -0.05) is 28.9 Å². The van der Waals surface area contributed by atoms with E-state index in [1.165, 1.54) is 10.9 Å². The maximum absolute atomic E-state index is 4.58. The molecule has 2 rings (SSSR count). The van der Waals surface area contributed by atoms with Crippen LogP contribution in [0.25, 0.3) is 10.9 Å². The van der Waals surface area contributed by atoms with Gasteiger partial charge in [-0.2, -0.15) is 0 Å². The highest BCUT2D eigenvalue weighted by molar-refractivity contribution is 9.10. The molecular formula is C12H13BrN2. The number of rotatable bonds is 2. The van der Waals surface area contributed by atoms with Gasteiger partial charge in [-0.25, -0.2) is 4.98 Å². The van der Waals surface area contributed by atoms with Crippen LogP contribution in [0.15, 0.2) is 28.7 Å². The molecule has 0 radical (unpaired) electrons. The van der Waals surface area contributed by atoms with E-state index in [1.807, 2.05) is 19.2 Å². The fourth-order valence-electron chi connectivity index (χ4n) is 1.67. The van der Waals surface area contributed by atoms with E-state index in [0.717, 1.165) is 22.2 Å². The third-order valence-corrected chi connectivity index (χ3v) is 2.97. The SMILES string of the molecule is CCc1cc2ccc(Br)cc2nc1NC. The van der Waals surface area contributed by atoms with Crippen molar-refractivity contribution in [3.05, 3.63) is 34.3 Å². The Labute approximate surface area is 97.8 Å². The summed E-state index contributed by atoms with van der Waals surface area (Å²) in [6, 6.07) is 8.36. The van der Waals surface area contributed by atoms with Crippen LogP contribution >= 0.6 is 15.9 Å². The summed E-state index contributed by atoms with van der Waals surface area (Å²) in [5.41, 5.74) is 2.28. The standard InChI is InChI=1S/C12H13BrN2/c1-3-8-6-9-4-5-10(13)7-11(9)15-12(8)14-2/h4-7H,3H2,1-2H3,(H,14,15). The summed E-state index contributed by atoms with van der Waals surface area (Å²) >= 11 is 3.45. The largest absolute Gasteiger partial charge is 0.373 e. The van der Waals surface area contributed by atoms with Gasteiger partial charge in [0.05, 0.1) is 5.52 Å². The van der Waals surface area contributed by atoms with Crippen molar-refractivity contribution < 1.29 is 0 Å². The van der Waals surface area contributed by atoms with E-state index in [9.17, 15) is 0 Å². The number of benzene rings is 1. The molecule has 15 heavy (non-hydrogen) atoms. The summed E-state index contributed by atoms with van der Waals surface area (Å²) in [5, 5.41) is 4.32. The van der Waals surface area contributed by atoms with Crippen molar-refractivity contribution in [2.24, 2.45) is 0 Å². The highest BCUT2D eigenvalue weighted by Crippen LogP contribution is 2.23. The van der Waals surface area contributed by atoms with Crippen molar-refractivity contribution in [3.63, 3.8) is 0 Å². The van der Waals surface area contributed by atoms with Gasteiger partial charge in [0, 0.05) is 16.9 Å². The van der Waals surface area contributed by atoms with E-state index in [4.69, 9.17) is 0 Å². The highest BCUT2D eigenvalue weighted by atomic mass is 79.9. The normalized spacial score (nSPS) is 10.6. The predicted molar refractivity (Wildman–Crippen MR) is 68.4 cm³/mol.